The fraction of sp³-hybridized carbons (Fsp3) is 0.118. The molecule has 4 nitrogen and oxygen atoms in total. The number of phenols is 1. The number of rotatable bonds is 4. The molecular formula is C17H16O4. The molecule has 2 aromatic rings. The van der Waals surface area contributed by atoms with Crippen LogP contribution in [0.15, 0.2) is 42.5 Å². The minimum absolute atomic E-state index is 0.116. The van der Waals surface area contributed by atoms with Gasteiger partial charge >= 0.3 is 5.97 Å². The quantitative estimate of drug-likeness (QED) is 0.691. The third-order valence-corrected chi connectivity index (χ3v) is 3.00. The Hall–Kier alpha value is -2.75. The first kappa shape index (κ1) is 14.7. The number of methoxy groups -OCH3 is 2. The molecule has 0 saturated carbocycles. The molecule has 0 amide bonds. The predicted octanol–water partition coefficient (Wildman–Crippen LogP) is 3.36. The molecule has 0 aliphatic heterocycles. The van der Waals surface area contributed by atoms with E-state index in [1.807, 2.05) is 36.4 Å². The maximum atomic E-state index is 11.8. The summed E-state index contributed by atoms with van der Waals surface area (Å²) in [5.41, 5.74) is 1.63. The summed E-state index contributed by atoms with van der Waals surface area (Å²) in [6.45, 7) is 0. The van der Waals surface area contributed by atoms with Gasteiger partial charge in [0.15, 0.2) is 0 Å². The second kappa shape index (κ2) is 6.61. The van der Waals surface area contributed by atoms with Crippen molar-refractivity contribution in [2.24, 2.45) is 0 Å². The molecule has 0 aliphatic rings. The molecule has 0 spiro atoms. The summed E-state index contributed by atoms with van der Waals surface area (Å²) in [5, 5.41) is 9.99. The van der Waals surface area contributed by atoms with Crippen LogP contribution in [0.4, 0.5) is 0 Å². The Morgan fingerprint density at radius 2 is 1.81 bits per heavy atom. The highest BCUT2D eigenvalue weighted by Crippen LogP contribution is 2.29. The van der Waals surface area contributed by atoms with Crippen molar-refractivity contribution in [2.75, 3.05) is 14.2 Å². The molecule has 21 heavy (non-hydrogen) atoms. The lowest BCUT2D eigenvalue weighted by Crippen LogP contribution is -2.04. The number of aromatic hydroxyl groups is 1. The Balaban J connectivity index is 2.47. The van der Waals surface area contributed by atoms with Crippen LogP contribution in [-0.2, 0) is 4.74 Å². The van der Waals surface area contributed by atoms with Crippen molar-refractivity contribution in [1.29, 1.82) is 0 Å². The van der Waals surface area contributed by atoms with Crippen LogP contribution in [0.5, 0.6) is 11.5 Å². The molecule has 0 unspecified atom stereocenters. The Morgan fingerprint density at radius 3 is 2.43 bits per heavy atom. The molecule has 108 valence electrons. The smallest absolute Gasteiger partial charge is 0.342 e. The molecule has 0 aliphatic carbocycles. The van der Waals surface area contributed by atoms with Gasteiger partial charge in [-0.1, -0.05) is 42.5 Å². The number of phenolic OH excluding ortho intramolecular Hbond substituents is 1. The summed E-state index contributed by atoms with van der Waals surface area (Å²) in [7, 11) is 2.77. The normalized spacial score (nSPS) is 10.6. The predicted molar refractivity (Wildman–Crippen MR) is 81.4 cm³/mol. The van der Waals surface area contributed by atoms with Crippen molar-refractivity contribution >= 4 is 18.1 Å². The number of ether oxygens (including phenoxy) is 2. The molecule has 4 heteroatoms. The van der Waals surface area contributed by atoms with Gasteiger partial charge in [0.2, 0.25) is 0 Å². The van der Waals surface area contributed by atoms with Crippen LogP contribution in [0.3, 0.4) is 0 Å². The van der Waals surface area contributed by atoms with E-state index >= 15 is 0 Å². The molecule has 0 heterocycles. The molecule has 2 rings (SSSR count). The first-order valence-corrected chi connectivity index (χ1v) is 6.38. The zero-order chi connectivity index (χ0) is 15.2. The number of hydrogen-bond donors (Lipinski definition) is 1. The molecular weight excluding hydrogens is 268 g/mol. The van der Waals surface area contributed by atoms with E-state index in [-0.39, 0.29) is 11.3 Å². The minimum Gasteiger partial charge on any atom is -0.507 e. The zero-order valence-electron chi connectivity index (χ0n) is 11.9. The van der Waals surface area contributed by atoms with Crippen LogP contribution < -0.4 is 4.74 Å². The van der Waals surface area contributed by atoms with Crippen LogP contribution in [0.2, 0.25) is 0 Å². The highest BCUT2D eigenvalue weighted by Gasteiger charge is 2.17. The number of benzene rings is 2. The number of carbonyl (C=O) groups is 1. The van der Waals surface area contributed by atoms with Gasteiger partial charge in [-0.2, -0.15) is 0 Å². The fourth-order valence-corrected chi connectivity index (χ4v) is 1.95. The molecule has 0 saturated heterocycles. The van der Waals surface area contributed by atoms with E-state index in [0.29, 0.717) is 11.3 Å². The van der Waals surface area contributed by atoms with Crippen molar-refractivity contribution in [1.82, 2.24) is 0 Å². The molecule has 0 fully saturated rings. The van der Waals surface area contributed by atoms with E-state index in [2.05, 4.69) is 0 Å². The molecule has 0 aromatic heterocycles. The summed E-state index contributed by atoms with van der Waals surface area (Å²) >= 11 is 0. The Labute approximate surface area is 123 Å². The maximum Gasteiger partial charge on any atom is 0.342 e. The van der Waals surface area contributed by atoms with Gasteiger partial charge in [0, 0.05) is 6.07 Å². The first-order chi connectivity index (χ1) is 10.2. The van der Waals surface area contributed by atoms with Gasteiger partial charge in [-0.15, -0.1) is 0 Å². The van der Waals surface area contributed by atoms with Crippen LogP contribution in [0.25, 0.3) is 12.2 Å². The summed E-state index contributed by atoms with van der Waals surface area (Å²) < 4.78 is 9.82. The fourth-order valence-electron chi connectivity index (χ4n) is 1.95. The van der Waals surface area contributed by atoms with E-state index in [4.69, 9.17) is 9.47 Å². The number of hydrogen-bond acceptors (Lipinski definition) is 4. The number of carbonyl (C=O) groups excluding carboxylic acids is 1. The van der Waals surface area contributed by atoms with Gasteiger partial charge in [0.25, 0.3) is 0 Å². The van der Waals surface area contributed by atoms with Gasteiger partial charge in [-0.05, 0) is 17.2 Å². The molecule has 1 N–H and O–H groups in total. The standard InChI is InChI=1S/C17H16O4/c1-20-14-10-13(9-8-12-6-4-3-5-7-12)16(15(18)11-14)17(19)21-2/h3-11,18H,1-2H3/b9-8+. The summed E-state index contributed by atoms with van der Waals surface area (Å²) in [5.74, 6) is -0.301. The lowest BCUT2D eigenvalue weighted by atomic mass is 10.0. The van der Waals surface area contributed by atoms with Crippen LogP contribution in [0.1, 0.15) is 21.5 Å². The van der Waals surface area contributed by atoms with Gasteiger partial charge < -0.3 is 14.6 Å². The van der Waals surface area contributed by atoms with Crippen molar-refractivity contribution in [3.05, 3.63) is 59.2 Å². The van der Waals surface area contributed by atoms with Gasteiger partial charge in [-0.3, -0.25) is 0 Å². The molecule has 0 bridgehead atoms. The molecule has 0 radical (unpaired) electrons. The average Bonchev–Trinajstić information content (AvgIpc) is 2.52. The summed E-state index contributed by atoms with van der Waals surface area (Å²) in [6, 6.07) is 12.7. The Kier molecular flexibility index (Phi) is 4.61. The Bertz CT molecular complexity index is 660. The minimum atomic E-state index is -0.595. The average molecular weight is 284 g/mol. The monoisotopic (exact) mass is 284 g/mol. The lowest BCUT2D eigenvalue weighted by molar-refractivity contribution is 0.0597. The van der Waals surface area contributed by atoms with E-state index in [1.165, 1.54) is 20.3 Å². The number of esters is 1. The lowest BCUT2D eigenvalue weighted by Gasteiger charge is -2.09. The summed E-state index contributed by atoms with van der Waals surface area (Å²) in [4.78, 5) is 11.8. The van der Waals surface area contributed by atoms with E-state index in [1.54, 1.807) is 12.1 Å². The van der Waals surface area contributed by atoms with E-state index in [9.17, 15) is 9.90 Å². The maximum absolute atomic E-state index is 11.8. The second-order valence-electron chi connectivity index (χ2n) is 4.35. The van der Waals surface area contributed by atoms with Crippen molar-refractivity contribution < 1.29 is 19.4 Å². The van der Waals surface area contributed by atoms with Crippen LogP contribution in [0, 0.1) is 0 Å². The van der Waals surface area contributed by atoms with Crippen LogP contribution in [-0.4, -0.2) is 25.3 Å². The molecule has 0 atom stereocenters. The third-order valence-electron chi connectivity index (χ3n) is 3.00. The molecule has 2 aromatic carbocycles. The van der Waals surface area contributed by atoms with Crippen molar-refractivity contribution in [3.63, 3.8) is 0 Å². The highest BCUT2D eigenvalue weighted by molar-refractivity contribution is 5.98. The summed E-state index contributed by atoms with van der Waals surface area (Å²) in [6.07, 6.45) is 3.59. The van der Waals surface area contributed by atoms with Crippen LogP contribution >= 0.6 is 0 Å². The van der Waals surface area contributed by atoms with Crippen molar-refractivity contribution in [2.45, 2.75) is 0 Å². The highest BCUT2D eigenvalue weighted by atomic mass is 16.5. The third kappa shape index (κ3) is 3.42. The largest absolute Gasteiger partial charge is 0.507 e. The Morgan fingerprint density at radius 1 is 1.10 bits per heavy atom. The second-order valence-corrected chi connectivity index (χ2v) is 4.35. The van der Waals surface area contributed by atoms with Gasteiger partial charge in [0.05, 0.1) is 14.2 Å². The zero-order valence-corrected chi connectivity index (χ0v) is 11.9. The van der Waals surface area contributed by atoms with E-state index in [0.717, 1.165) is 5.56 Å². The first-order valence-electron chi connectivity index (χ1n) is 6.38. The van der Waals surface area contributed by atoms with E-state index < -0.39 is 5.97 Å². The van der Waals surface area contributed by atoms with Gasteiger partial charge in [-0.25, -0.2) is 4.79 Å². The van der Waals surface area contributed by atoms with Crippen molar-refractivity contribution in [3.8, 4) is 11.5 Å². The topological polar surface area (TPSA) is 55.8 Å². The van der Waals surface area contributed by atoms with Gasteiger partial charge in [0.1, 0.15) is 17.1 Å². The SMILES string of the molecule is COC(=O)c1c(O)cc(OC)cc1/C=C/c1ccccc1.